The smallest absolute Gasteiger partial charge is 0.330 e. The van der Waals surface area contributed by atoms with Crippen molar-refractivity contribution >= 4 is 22.9 Å². The topological polar surface area (TPSA) is 101 Å². The molecule has 0 bridgehead atoms. The fraction of sp³-hybridized carbons (Fsp3) is 0.391. The molecule has 0 aliphatic carbocycles. The quantitative estimate of drug-likeness (QED) is 0.378. The van der Waals surface area contributed by atoms with Crippen molar-refractivity contribution in [1.29, 1.82) is 0 Å². The van der Waals surface area contributed by atoms with Crippen LogP contribution in [0.3, 0.4) is 0 Å². The van der Waals surface area contributed by atoms with E-state index in [1.165, 1.54) is 5.56 Å². The van der Waals surface area contributed by atoms with Crippen molar-refractivity contribution in [2.45, 2.75) is 64.0 Å². The number of imidazole rings is 2. The van der Waals surface area contributed by atoms with Gasteiger partial charge in [0.05, 0.1) is 11.4 Å². The molecule has 8 nitrogen and oxygen atoms in total. The predicted molar refractivity (Wildman–Crippen MR) is 127 cm³/mol. The standard InChI is InChI=1S/C23H28N6O2S/c1-4-6-12-29-20-19(21(30)27-23(29)31)28(5-2)18(26-20)14-32-22-24-15(3)17(25-22)13-16-10-8-7-9-11-16/h7-11H,4-6,12-14H2,1-3H3,(H,24,25)(H,27,30,31). The number of H-pyrrole nitrogens is 2. The van der Waals surface area contributed by atoms with Gasteiger partial charge in [-0.25, -0.2) is 14.8 Å². The lowest BCUT2D eigenvalue weighted by Gasteiger charge is -2.06. The largest absolute Gasteiger partial charge is 0.337 e. The number of benzene rings is 1. The van der Waals surface area contributed by atoms with E-state index in [-0.39, 0.29) is 5.56 Å². The highest BCUT2D eigenvalue weighted by Crippen LogP contribution is 2.24. The third-order valence-electron chi connectivity index (χ3n) is 5.53. The van der Waals surface area contributed by atoms with Crippen LogP contribution in [-0.4, -0.2) is 29.1 Å². The number of hydrogen-bond donors (Lipinski definition) is 2. The average molecular weight is 453 g/mol. The number of nitrogens with one attached hydrogen (secondary N) is 2. The summed E-state index contributed by atoms with van der Waals surface area (Å²) < 4.78 is 3.47. The normalized spacial score (nSPS) is 11.5. The van der Waals surface area contributed by atoms with Gasteiger partial charge in [0.15, 0.2) is 16.3 Å². The fourth-order valence-electron chi connectivity index (χ4n) is 3.82. The number of rotatable bonds is 9. The first kappa shape index (κ1) is 22.1. The number of nitrogens with zero attached hydrogens (tertiary/aromatic N) is 4. The summed E-state index contributed by atoms with van der Waals surface area (Å²) in [5.41, 5.74) is 3.42. The minimum atomic E-state index is -0.400. The highest BCUT2D eigenvalue weighted by atomic mass is 32.2. The Morgan fingerprint density at radius 1 is 1.03 bits per heavy atom. The summed E-state index contributed by atoms with van der Waals surface area (Å²) in [5, 5.41) is 0.820. The van der Waals surface area contributed by atoms with Gasteiger partial charge < -0.3 is 9.55 Å². The second-order valence-corrected chi connectivity index (χ2v) is 8.74. The van der Waals surface area contributed by atoms with Crippen molar-refractivity contribution < 1.29 is 0 Å². The number of hydrogen-bond acceptors (Lipinski definition) is 5. The molecule has 0 saturated heterocycles. The summed E-state index contributed by atoms with van der Waals surface area (Å²) in [6.07, 6.45) is 2.57. The molecule has 0 saturated carbocycles. The van der Waals surface area contributed by atoms with Crippen LogP contribution in [0.2, 0.25) is 0 Å². The number of aromatic nitrogens is 6. The second kappa shape index (κ2) is 9.60. The van der Waals surface area contributed by atoms with Crippen LogP contribution in [0.4, 0.5) is 0 Å². The van der Waals surface area contributed by atoms with Crippen molar-refractivity contribution in [3.63, 3.8) is 0 Å². The van der Waals surface area contributed by atoms with E-state index in [1.54, 1.807) is 16.3 Å². The third-order valence-corrected chi connectivity index (χ3v) is 6.40. The van der Waals surface area contributed by atoms with Crippen LogP contribution in [0, 0.1) is 6.92 Å². The van der Waals surface area contributed by atoms with E-state index in [1.807, 2.05) is 36.6 Å². The third kappa shape index (κ3) is 4.43. The fourth-order valence-corrected chi connectivity index (χ4v) is 4.71. The first-order valence-corrected chi connectivity index (χ1v) is 11.9. The van der Waals surface area contributed by atoms with Gasteiger partial charge in [0.1, 0.15) is 5.82 Å². The van der Waals surface area contributed by atoms with Crippen LogP contribution in [0.25, 0.3) is 11.2 Å². The highest BCUT2D eigenvalue weighted by molar-refractivity contribution is 7.98. The molecule has 4 rings (SSSR count). The lowest BCUT2D eigenvalue weighted by molar-refractivity contribution is 0.613. The molecule has 0 unspecified atom stereocenters. The van der Waals surface area contributed by atoms with Crippen molar-refractivity contribution in [2.24, 2.45) is 0 Å². The lowest BCUT2D eigenvalue weighted by Crippen LogP contribution is -2.31. The van der Waals surface area contributed by atoms with Gasteiger partial charge in [-0.1, -0.05) is 55.4 Å². The number of aryl methyl sites for hydroxylation is 3. The Kier molecular flexibility index (Phi) is 6.64. The molecule has 2 N–H and O–H groups in total. The van der Waals surface area contributed by atoms with Gasteiger partial charge in [0.25, 0.3) is 5.56 Å². The monoisotopic (exact) mass is 452 g/mol. The van der Waals surface area contributed by atoms with Crippen LogP contribution in [-0.2, 0) is 25.3 Å². The molecule has 0 radical (unpaired) electrons. The van der Waals surface area contributed by atoms with Crippen molar-refractivity contribution in [1.82, 2.24) is 29.1 Å². The summed E-state index contributed by atoms with van der Waals surface area (Å²) in [7, 11) is 0. The van der Waals surface area contributed by atoms with Gasteiger partial charge in [-0.15, -0.1) is 0 Å². The molecule has 0 atom stereocenters. The molecule has 0 amide bonds. The Bertz CT molecular complexity index is 1330. The maximum atomic E-state index is 12.6. The summed E-state index contributed by atoms with van der Waals surface area (Å²) in [6, 6.07) is 10.3. The van der Waals surface area contributed by atoms with Gasteiger partial charge in [-0.05, 0) is 25.8 Å². The lowest BCUT2D eigenvalue weighted by atomic mass is 10.1. The van der Waals surface area contributed by atoms with Gasteiger partial charge in [0, 0.05) is 25.2 Å². The van der Waals surface area contributed by atoms with Crippen LogP contribution in [0.15, 0.2) is 45.1 Å². The number of thioether (sulfide) groups is 1. The Hall–Kier alpha value is -3.07. The number of fused-ring (bicyclic) bond motifs is 1. The van der Waals surface area contributed by atoms with Crippen molar-refractivity contribution in [3.05, 3.63) is 73.9 Å². The molecular formula is C23H28N6O2S. The molecule has 9 heteroatoms. The molecule has 1 aromatic carbocycles. The van der Waals surface area contributed by atoms with Crippen LogP contribution in [0.1, 0.15) is 49.5 Å². The molecular weight excluding hydrogens is 424 g/mol. The van der Waals surface area contributed by atoms with E-state index in [2.05, 4.69) is 29.0 Å². The van der Waals surface area contributed by atoms with E-state index < -0.39 is 5.69 Å². The first-order chi connectivity index (χ1) is 15.5. The van der Waals surface area contributed by atoms with Gasteiger partial charge in [-0.2, -0.15) is 0 Å². The molecule has 4 aromatic rings. The van der Waals surface area contributed by atoms with Crippen LogP contribution in [0.5, 0.6) is 0 Å². The highest BCUT2D eigenvalue weighted by Gasteiger charge is 2.18. The van der Waals surface area contributed by atoms with Gasteiger partial charge in [-0.3, -0.25) is 14.3 Å². The Balaban J connectivity index is 1.61. The first-order valence-electron chi connectivity index (χ1n) is 11.0. The summed E-state index contributed by atoms with van der Waals surface area (Å²) in [6.45, 7) is 7.21. The Labute approximate surface area is 190 Å². The molecule has 0 aliphatic heterocycles. The van der Waals surface area contributed by atoms with Crippen LogP contribution < -0.4 is 11.2 Å². The van der Waals surface area contributed by atoms with Gasteiger partial charge in [0.2, 0.25) is 0 Å². The van der Waals surface area contributed by atoms with Crippen molar-refractivity contribution in [3.8, 4) is 0 Å². The summed E-state index contributed by atoms with van der Waals surface area (Å²) >= 11 is 1.55. The summed E-state index contributed by atoms with van der Waals surface area (Å²) in [5.74, 6) is 1.30. The SMILES string of the molecule is CCCCn1c(=O)[nH]c(=O)c2c1nc(CSc1nc(Cc3ccccc3)c(C)[nH]1)n2CC. The molecule has 168 valence electrons. The molecule has 0 fully saturated rings. The molecule has 0 aliphatic rings. The Morgan fingerprint density at radius 3 is 2.53 bits per heavy atom. The maximum Gasteiger partial charge on any atom is 0.330 e. The second-order valence-electron chi connectivity index (χ2n) is 7.77. The zero-order valence-electron chi connectivity index (χ0n) is 18.6. The van der Waals surface area contributed by atoms with E-state index in [0.29, 0.717) is 30.0 Å². The molecule has 3 aromatic heterocycles. The minimum Gasteiger partial charge on any atom is -0.337 e. The minimum absolute atomic E-state index is 0.387. The van der Waals surface area contributed by atoms with E-state index >= 15 is 0 Å². The molecule has 3 heterocycles. The van der Waals surface area contributed by atoms with E-state index in [9.17, 15) is 9.59 Å². The van der Waals surface area contributed by atoms with E-state index in [0.717, 1.165) is 41.6 Å². The van der Waals surface area contributed by atoms with Gasteiger partial charge >= 0.3 is 5.69 Å². The zero-order chi connectivity index (χ0) is 22.7. The predicted octanol–water partition coefficient (Wildman–Crippen LogP) is 3.62. The Morgan fingerprint density at radius 2 is 1.81 bits per heavy atom. The molecule has 0 spiro atoms. The average Bonchev–Trinajstić information content (AvgIpc) is 3.33. The number of aromatic amines is 2. The zero-order valence-corrected chi connectivity index (χ0v) is 19.5. The molecule has 32 heavy (non-hydrogen) atoms. The van der Waals surface area contributed by atoms with E-state index in [4.69, 9.17) is 9.97 Å². The van der Waals surface area contributed by atoms with Crippen LogP contribution >= 0.6 is 11.8 Å². The number of unbranched alkanes of at least 4 members (excludes halogenated alkanes) is 1. The van der Waals surface area contributed by atoms with Crippen molar-refractivity contribution in [2.75, 3.05) is 0 Å². The maximum absolute atomic E-state index is 12.6. The summed E-state index contributed by atoms with van der Waals surface area (Å²) in [4.78, 5) is 40.2.